The van der Waals surface area contributed by atoms with E-state index in [1.54, 1.807) is 0 Å². The van der Waals surface area contributed by atoms with Crippen LogP contribution in [0, 0.1) is 5.92 Å². The fraction of sp³-hybridized carbons (Fsp3) is 0.833. The average Bonchev–Trinajstić information content (AvgIpc) is 2.59. The second kappa shape index (κ2) is 3.15. The fourth-order valence-electron chi connectivity index (χ4n) is 1.09. The van der Waals surface area contributed by atoms with E-state index in [1.807, 2.05) is 13.8 Å². The van der Waals surface area contributed by atoms with Crippen molar-refractivity contribution >= 4 is 16.4 Å². The number of hydrogen-bond donors (Lipinski definition) is 1. The van der Waals surface area contributed by atoms with Gasteiger partial charge in [-0.05, 0) is 5.92 Å². The van der Waals surface area contributed by atoms with E-state index in [4.69, 9.17) is 0 Å². The Balaban J connectivity index is 2.60. The van der Waals surface area contributed by atoms with E-state index in [-0.39, 0.29) is 12.0 Å². The van der Waals surface area contributed by atoms with Crippen LogP contribution in [0.3, 0.4) is 0 Å². The lowest BCUT2D eigenvalue weighted by atomic mass is 10.1. The molecule has 6 nitrogen and oxygen atoms in total. The number of hydrogen-bond acceptors (Lipinski definition) is 4. The summed E-state index contributed by atoms with van der Waals surface area (Å²) in [6.45, 7) is 4.18. The fourth-order valence-corrected chi connectivity index (χ4v) is 2.30. The minimum absolute atomic E-state index is 0.0654. The molecule has 0 aromatic heterocycles. The molecule has 2 N–H and O–H groups in total. The highest BCUT2D eigenvalue weighted by Crippen LogP contribution is 2.29. The van der Waals surface area contributed by atoms with Crippen LogP contribution in [-0.2, 0) is 14.5 Å². The minimum Gasteiger partial charge on any atom is -0.334 e. The number of nitrogens with two attached hydrogens (primary N) is 1. The van der Waals surface area contributed by atoms with Crippen molar-refractivity contribution in [2.45, 2.75) is 19.9 Å². The summed E-state index contributed by atoms with van der Waals surface area (Å²) < 4.78 is 27.3. The van der Waals surface area contributed by atoms with Crippen LogP contribution >= 0.6 is 0 Å². The average molecular weight is 208 g/mol. The van der Waals surface area contributed by atoms with Crippen LogP contribution in [0.15, 0.2) is 0 Å². The Morgan fingerprint density at radius 2 is 2.15 bits per heavy atom. The summed E-state index contributed by atoms with van der Waals surface area (Å²) in [5.41, 5.74) is 4.60. The lowest BCUT2D eigenvalue weighted by Gasteiger charge is -2.05. The van der Waals surface area contributed by atoms with Crippen molar-refractivity contribution in [1.29, 1.82) is 0 Å². The number of primary amides is 1. The standard InChI is InChI=1S/C6H12N2O4S/c1-4(2)5-3-8(5)13(10,11)12-6(7)9/h4-5H,3H2,1-2H3,(H2,7,9)/t5?,8-/m1/s1. The highest BCUT2D eigenvalue weighted by molar-refractivity contribution is 7.85. The molecule has 1 fully saturated rings. The van der Waals surface area contributed by atoms with Gasteiger partial charge in [-0.25, -0.2) is 4.79 Å². The Morgan fingerprint density at radius 3 is 2.46 bits per heavy atom. The third-order valence-electron chi connectivity index (χ3n) is 1.85. The third-order valence-corrected chi connectivity index (χ3v) is 3.22. The zero-order valence-electron chi connectivity index (χ0n) is 7.43. The molecule has 1 amide bonds. The van der Waals surface area contributed by atoms with Crippen LogP contribution in [0.4, 0.5) is 4.79 Å². The summed E-state index contributed by atoms with van der Waals surface area (Å²) in [5, 5.41) is 0. The van der Waals surface area contributed by atoms with Crippen molar-refractivity contribution in [2.24, 2.45) is 11.7 Å². The topological polar surface area (TPSA) is 89.5 Å². The van der Waals surface area contributed by atoms with Crippen molar-refractivity contribution in [3.05, 3.63) is 0 Å². The van der Waals surface area contributed by atoms with Gasteiger partial charge in [0.05, 0.1) is 0 Å². The molecule has 1 unspecified atom stereocenters. The van der Waals surface area contributed by atoms with Crippen LogP contribution in [0.2, 0.25) is 0 Å². The van der Waals surface area contributed by atoms with E-state index >= 15 is 0 Å². The molecule has 2 atom stereocenters. The highest BCUT2D eigenvalue weighted by Gasteiger charge is 2.47. The number of nitrogens with zero attached hydrogens (tertiary/aromatic N) is 1. The van der Waals surface area contributed by atoms with Gasteiger partial charge in [-0.2, -0.15) is 12.7 Å². The number of rotatable bonds is 3. The van der Waals surface area contributed by atoms with E-state index in [1.165, 1.54) is 0 Å². The van der Waals surface area contributed by atoms with Gasteiger partial charge in [0.1, 0.15) is 0 Å². The Kier molecular flexibility index (Phi) is 2.49. The highest BCUT2D eigenvalue weighted by atomic mass is 32.2. The smallest absolute Gasteiger partial charge is 0.334 e. The van der Waals surface area contributed by atoms with Gasteiger partial charge >= 0.3 is 16.4 Å². The molecule has 7 heteroatoms. The van der Waals surface area contributed by atoms with Crippen LogP contribution in [0.1, 0.15) is 13.8 Å². The first-order chi connectivity index (χ1) is 5.84. The van der Waals surface area contributed by atoms with Gasteiger partial charge in [0.15, 0.2) is 0 Å². The summed E-state index contributed by atoms with van der Waals surface area (Å²) in [4.78, 5) is 10.2. The van der Waals surface area contributed by atoms with E-state index in [0.29, 0.717) is 6.54 Å². The van der Waals surface area contributed by atoms with Gasteiger partial charge in [-0.3, -0.25) is 0 Å². The molecule has 0 saturated carbocycles. The molecule has 0 aromatic rings. The second-order valence-electron chi connectivity index (χ2n) is 3.24. The normalized spacial score (nSPS) is 27.3. The third kappa shape index (κ3) is 2.31. The van der Waals surface area contributed by atoms with Crippen LogP contribution < -0.4 is 5.73 Å². The summed E-state index contributed by atoms with van der Waals surface area (Å²) in [5.74, 6) is 0.214. The first kappa shape index (κ1) is 10.3. The van der Waals surface area contributed by atoms with Gasteiger partial charge in [-0.1, -0.05) is 13.8 Å². The van der Waals surface area contributed by atoms with Crippen LogP contribution in [0.5, 0.6) is 0 Å². The van der Waals surface area contributed by atoms with Crippen molar-refractivity contribution in [2.75, 3.05) is 6.54 Å². The number of amides is 1. The predicted molar refractivity (Wildman–Crippen MR) is 44.9 cm³/mol. The largest absolute Gasteiger partial charge is 0.421 e. The van der Waals surface area contributed by atoms with Gasteiger partial charge in [-0.15, -0.1) is 0 Å². The Morgan fingerprint density at radius 1 is 1.62 bits per heavy atom. The molecule has 0 bridgehead atoms. The molecular weight excluding hydrogens is 196 g/mol. The summed E-state index contributed by atoms with van der Waals surface area (Å²) in [7, 11) is -3.92. The quantitative estimate of drug-likeness (QED) is 0.643. The molecule has 13 heavy (non-hydrogen) atoms. The molecule has 0 radical (unpaired) electrons. The molecule has 0 aromatic carbocycles. The van der Waals surface area contributed by atoms with Crippen molar-refractivity contribution in [3.63, 3.8) is 0 Å². The van der Waals surface area contributed by atoms with Gasteiger partial charge in [0, 0.05) is 12.6 Å². The maximum absolute atomic E-state index is 11.1. The molecule has 0 aliphatic carbocycles. The van der Waals surface area contributed by atoms with Gasteiger partial charge in [0.25, 0.3) is 0 Å². The van der Waals surface area contributed by atoms with Crippen molar-refractivity contribution < 1.29 is 17.4 Å². The molecule has 1 heterocycles. The maximum atomic E-state index is 11.1. The first-order valence-corrected chi connectivity index (χ1v) is 5.22. The van der Waals surface area contributed by atoms with E-state index in [2.05, 4.69) is 9.92 Å². The molecule has 1 aliphatic rings. The van der Waals surface area contributed by atoms with Crippen molar-refractivity contribution in [1.82, 2.24) is 4.31 Å². The summed E-state index contributed by atoms with van der Waals surface area (Å²) in [6.07, 6.45) is -1.30. The predicted octanol–water partition coefficient (Wildman–Crippen LogP) is -0.333. The van der Waals surface area contributed by atoms with E-state index in [0.717, 1.165) is 4.31 Å². The number of carbonyl (C=O) groups is 1. The Labute approximate surface area is 76.9 Å². The molecule has 0 spiro atoms. The molecular formula is C6H12N2O4S. The van der Waals surface area contributed by atoms with E-state index in [9.17, 15) is 13.2 Å². The first-order valence-electron chi connectivity index (χ1n) is 3.85. The molecule has 1 saturated heterocycles. The molecule has 1 rings (SSSR count). The summed E-state index contributed by atoms with van der Waals surface area (Å²) in [6, 6.07) is -0.0654. The number of carbonyl (C=O) groups excluding carboxylic acids is 1. The maximum Gasteiger partial charge on any atom is 0.421 e. The van der Waals surface area contributed by atoms with Crippen LogP contribution in [-0.4, -0.2) is 31.4 Å². The lowest BCUT2D eigenvalue weighted by Crippen LogP contribution is -2.25. The lowest BCUT2D eigenvalue weighted by molar-refractivity contribution is 0.210. The zero-order valence-corrected chi connectivity index (χ0v) is 8.24. The van der Waals surface area contributed by atoms with E-state index < -0.39 is 16.4 Å². The molecule has 76 valence electrons. The van der Waals surface area contributed by atoms with Crippen LogP contribution in [0.25, 0.3) is 0 Å². The second-order valence-corrected chi connectivity index (χ2v) is 4.73. The van der Waals surface area contributed by atoms with Crippen molar-refractivity contribution in [3.8, 4) is 0 Å². The Bertz CT molecular complexity index is 311. The zero-order chi connectivity index (χ0) is 10.2. The minimum atomic E-state index is -3.92. The monoisotopic (exact) mass is 208 g/mol. The molecule has 1 aliphatic heterocycles. The SMILES string of the molecule is CC(C)C1C[N@@]1S(=O)(=O)OC(N)=O. The Hall–Kier alpha value is -0.820. The summed E-state index contributed by atoms with van der Waals surface area (Å²) >= 11 is 0. The van der Waals surface area contributed by atoms with Gasteiger partial charge < -0.3 is 9.92 Å². The van der Waals surface area contributed by atoms with Gasteiger partial charge in [0.2, 0.25) is 0 Å².